The van der Waals surface area contributed by atoms with Gasteiger partial charge < -0.3 is 10.2 Å². The minimum atomic E-state index is -1.58. The van der Waals surface area contributed by atoms with Crippen molar-refractivity contribution in [1.29, 1.82) is 15.8 Å². The van der Waals surface area contributed by atoms with Crippen LogP contribution < -0.4 is 5.73 Å². The number of allylic oxidation sites excluding steroid dienone is 2. The molecular formula is C18H17N5O. The third kappa shape index (κ3) is 2.03. The summed E-state index contributed by atoms with van der Waals surface area (Å²) in [5.74, 6) is -0.624. The minimum absolute atomic E-state index is 0.0497. The lowest BCUT2D eigenvalue weighted by Crippen LogP contribution is -2.47. The van der Waals surface area contributed by atoms with E-state index < -0.39 is 11.3 Å². The molecule has 2 atom stereocenters. The molecule has 0 saturated carbocycles. The fourth-order valence-corrected chi connectivity index (χ4v) is 3.83. The predicted molar refractivity (Wildman–Crippen MR) is 85.6 cm³/mol. The molecule has 0 aromatic carbocycles. The fourth-order valence-electron chi connectivity index (χ4n) is 3.83. The van der Waals surface area contributed by atoms with Crippen LogP contribution in [0.4, 0.5) is 0 Å². The minimum Gasteiger partial charge on any atom is -0.472 e. The van der Waals surface area contributed by atoms with Crippen molar-refractivity contribution < 1.29 is 4.42 Å². The zero-order valence-corrected chi connectivity index (χ0v) is 13.4. The smallest absolute Gasteiger partial charge is 0.191 e. The quantitative estimate of drug-likeness (QED) is 0.892. The van der Waals surface area contributed by atoms with Crippen LogP contribution in [0.2, 0.25) is 0 Å². The van der Waals surface area contributed by atoms with E-state index in [0.717, 1.165) is 24.2 Å². The first kappa shape index (κ1) is 15.9. The number of hydrogen-bond donors (Lipinski definition) is 1. The number of nitriles is 3. The molecule has 6 heteroatoms. The van der Waals surface area contributed by atoms with Crippen LogP contribution in [0.5, 0.6) is 0 Å². The molecule has 2 aliphatic rings. The van der Waals surface area contributed by atoms with Gasteiger partial charge in [-0.3, -0.25) is 4.90 Å². The Morgan fingerprint density at radius 2 is 2.12 bits per heavy atom. The van der Waals surface area contributed by atoms with Crippen LogP contribution in [0.3, 0.4) is 0 Å². The predicted octanol–water partition coefficient (Wildman–Crippen LogP) is 2.02. The first-order valence-electron chi connectivity index (χ1n) is 7.80. The first-order valence-corrected chi connectivity index (χ1v) is 7.80. The second kappa shape index (κ2) is 5.89. The van der Waals surface area contributed by atoms with Gasteiger partial charge in [-0.1, -0.05) is 13.0 Å². The molecule has 24 heavy (non-hydrogen) atoms. The van der Waals surface area contributed by atoms with Gasteiger partial charge in [-0.2, -0.15) is 15.8 Å². The molecule has 1 aliphatic heterocycles. The van der Waals surface area contributed by atoms with Crippen molar-refractivity contribution in [3.63, 3.8) is 0 Å². The lowest BCUT2D eigenvalue weighted by atomic mass is 9.58. The van der Waals surface area contributed by atoms with Crippen molar-refractivity contribution in [2.45, 2.75) is 12.8 Å². The van der Waals surface area contributed by atoms with E-state index in [1.165, 1.54) is 6.26 Å². The number of rotatable bonds is 2. The van der Waals surface area contributed by atoms with Crippen LogP contribution in [0, 0.1) is 45.3 Å². The normalized spacial score (nSPS) is 25.8. The molecule has 2 heterocycles. The van der Waals surface area contributed by atoms with Gasteiger partial charge in [0, 0.05) is 24.9 Å². The standard InChI is InChI=1S/C18H17N5O/c1-2-23-5-3-13-14(7-19)17(22)18(10-20,11-21)16(15(13)8-23)12-4-6-24-9-12/h3-4,6,9,15-16H,2,5,8,22H2,1H3/t15-,16-/m0/s1. The Balaban J connectivity index is 2.29. The number of likely N-dealkylation sites (N-methyl/N-ethyl adjacent to an activating group) is 1. The third-order valence-corrected chi connectivity index (χ3v) is 5.09. The molecule has 0 spiro atoms. The fraction of sp³-hybridized carbons (Fsp3) is 0.389. The molecule has 1 aromatic rings. The monoisotopic (exact) mass is 319 g/mol. The molecule has 0 saturated heterocycles. The SMILES string of the molecule is CCN1CC=C2C(C#N)=C(N)C(C#N)(C#N)[C@@H](c3ccoc3)[C@H]2C1. The molecule has 1 aromatic heterocycles. The lowest BCUT2D eigenvalue weighted by Gasteiger charge is -2.45. The van der Waals surface area contributed by atoms with E-state index in [2.05, 4.69) is 30.0 Å². The van der Waals surface area contributed by atoms with E-state index in [-0.39, 0.29) is 17.2 Å². The molecule has 0 amide bonds. The highest BCUT2D eigenvalue weighted by Gasteiger charge is 2.54. The van der Waals surface area contributed by atoms with Crippen molar-refractivity contribution in [3.8, 4) is 18.2 Å². The van der Waals surface area contributed by atoms with Crippen LogP contribution in [-0.4, -0.2) is 24.5 Å². The Morgan fingerprint density at radius 3 is 2.67 bits per heavy atom. The van der Waals surface area contributed by atoms with Gasteiger partial charge in [0.1, 0.15) is 6.07 Å². The topological polar surface area (TPSA) is 114 Å². The van der Waals surface area contributed by atoms with Gasteiger partial charge in [0.15, 0.2) is 5.41 Å². The summed E-state index contributed by atoms with van der Waals surface area (Å²) in [4.78, 5) is 2.22. The van der Waals surface area contributed by atoms with E-state index in [1.807, 2.05) is 6.08 Å². The van der Waals surface area contributed by atoms with Crippen molar-refractivity contribution in [3.05, 3.63) is 47.1 Å². The average molecular weight is 319 g/mol. The highest BCUT2D eigenvalue weighted by atomic mass is 16.3. The second-order valence-corrected chi connectivity index (χ2v) is 6.08. The molecule has 0 unspecified atom stereocenters. The summed E-state index contributed by atoms with van der Waals surface area (Å²) in [6, 6.07) is 8.09. The van der Waals surface area contributed by atoms with Crippen molar-refractivity contribution in [2.75, 3.05) is 19.6 Å². The molecule has 1 aliphatic carbocycles. The van der Waals surface area contributed by atoms with E-state index in [0.29, 0.717) is 6.54 Å². The number of nitrogens with two attached hydrogens (primary N) is 1. The maximum Gasteiger partial charge on any atom is 0.191 e. The van der Waals surface area contributed by atoms with Gasteiger partial charge in [-0.25, -0.2) is 0 Å². The number of furan rings is 1. The highest BCUT2D eigenvalue weighted by molar-refractivity contribution is 5.59. The summed E-state index contributed by atoms with van der Waals surface area (Å²) < 4.78 is 5.20. The summed E-state index contributed by atoms with van der Waals surface area (Å²) in [6.07, 6.45) is 5.08. The molecule has 120 valence electrons. The summed E-state index contributed by atoms with van der Waals surface area (Å²) in [5, 5.41) is 29.3. The van der Waals surface area contributed by atoms with Crippen LogP contribution in [0.1, 0.15) is 18.4 Å². The molecule has 2 N–H and O–H groups in total. The van der Waals surface area contributed by atoms with Gasteiger partial charge in [0.2, 0.25) is 0 Å². The van der Waals surface area contributed by atoms with Gasteiger partial charge in [-0.15, -0.1) is 0 Å². The molecule has 0 bridgehead atoms. The zero-order valence-electron chi connectivity index (χ0n) is 13.4. The van der Waals surface area contributed by atoms with Crippen LogP contribution in [-0.2, 0) is 0 Å². The Labute approximate surface area is 140 Å². The van der Waals surface area contributed by atoms with Gasteiger partial charge in [-0.05, 0) is 23.7 Å². The van der Waals surface area contributed by atoms with Gasteiger partial charge >= 0.3 is 0 Å². The van der Waals surface area contributed by atoms with Crippen molar-refractivity contribution in [1.82, 2.24) is 4.90 Å². The average Bonchev–Trinajstić information content (AvgIpc) is 3.14. The van der Waals surface area contributed by atoms with Gasteiger partial charge in [0.05, 0.1) is 35.9 Å². The Kier molecular flexibility index (Phi) is 3.89. The molecular weight excluding hydrogens is 302 g/mol. The van der Waals surface area contributed by atoms with Gasteiger partial charge in [0.25, 0.3) is 0 Å². The number of fused-ring (bicyclic) bond motifs is 1. The van der Waals surface area contributed by atoms with E-state index in [9.17, 15) is 15.8 Å². The molecule has 3 rings (SSSR count). The van der Waals surface area contributed by atoms with Crippen molar-refractivity contribution >= 4 is 0 Å². The van der Waals surface area contributed by atoms with Crippen LogP contribution in [0.25, 0.3) is 0 Å². The molecule has 0 radical (unpaired) electrons. The first-order chi connectivity index (χ1) is 11.6. The summed E-state index contributed by atoms with van der Waals surface area (Å²) in [5.41, 5.74) is 6.53. The molecule has 6 nitrogen and oxygen atoms in total. The Hall–Kier alpha value is -3.01. The van der Waals surface area contributed by atoms with Crippen molar-refractivity contribution in [2.24, 2.45) is 17.1 Å². The van der Waals surface area contributed by atoms with E-state index >= 15 is 0 Å². The number of hydrogen-bond acceptors (Lipinski definition) is 6. The van der Waals surface area contributed by atoms with Crippen LogP contribution >= 0.6 is 0 Å². The van der Waals surface area contributed by atoms with Crippen LogP contribution in [0.15, 0.2) is 45.9 Å². The highest BCUT2D eigenvalue weighted by Crippen LogP contribution is 2.54. The largest absolute Gasteiger partial charge is 0.472 e. The third-order valence-electron chi connectivity index (χ3n) is 5.09. The maximum absolute atomic E-state index is 9.85. The summed E-state index contributed by atoms with van der Waals surface area (Å²) in [6.45, 7) is 4.31. The summed E-state index contributed by atoms with van der Waals surface area (Å²) >= 11 is 0. The van der Waals surface area contributed by atoms with E-state index in [4.69, 9.17) is 10.2 Å². The molecule has 0 fully saturated rings. The Bertz CT molecular complexity index is 814. The lowest BCUT2D eigenvalue weighted by molar-refractivity contribution is 0.214. The second-order valence-electron chi connectivity index (χ2n) is 6.08. The number of nitrogens with zero attached hydrogens (tertiary/aromatic N) is 4. The summed E-state index contributed by atoms with van der Waals surface area (Å²) in [7, 11) is 0. The maximum atomic E-state index is 9.85. The Morgan fingerprint density at radius 1 is 1.38 bits per heavy atom. The zero-order chi connectivity index (χ0) is 17.3. The van der Waals surface area contributed by atoms with E-state index in [1.54, 1.807) is 12.3 Å².